The van der Waals surface area contributed by atoms with Crippen molar-refractivity contribution < 1.29 is 52.3 Å². The molecule has 4 aliphatic rings. The fourth-order valence-corrected chi connectivity index (χ4v) is 10.8. The van der Waals surface area contributed by atoms with E-state index in [2.05, 4.69) is 40.7 Å². The lowest BCUT2D eigenvalue weighted by atomic mass is 9.47. The number of allylic oxidation sites excluding steroid dienone is 1. The molecule has 0 heterocycles. The summed E-state index contributed by atoms with van der Waals surface area (Å²) in [6, 6.07) is 0. The van der Waals surface area contributed by atoms with Crippen molar-refractivity contribution in [3.05, 3.63) is 11.6 Å². The summed E-state index contributed by atoms with van der Waals surface area (Å²) < 4.78 is 39.2. The van der Waals surface area contributed by atoms with Gasteiger partial charge in [-0.3, -0.25) is 13.8 Å². The van der Waals surface area contributed by atoms with Crippen LogP contribution < -0.4 is 0 Å². The first-order valence-electron chi connectivity index (χ1n) is 19.0. The topological polar surface area (TPSA) is 148 Å². The lowest BCUT2D eigenvalue weighted by Gasteiger charge is -2.58. The normalized spacial score (nSPS) is 33.0. The Bertz CT molecular complexity index is 1220. The molecule has 12 heteroatoms. The molecule has 0 bridgehead atoms. The first-order valence-corrected chi connectivity index (χ1v) is 20.4. The van der Waals surface area contributed by atoms with Crippen LogP contribution in [-0.4, -0.2) is 86.7 Å². The number of carbonyl (C=O) groups excluding carboxylic acids is 2. The molecule has 4 aliphatic carbocycles. The molecule has 0 saturated heterocycles. The highest BCUT2D eigenvalue weighted by molar-refractivity contribution is 7.47. The number of carbonyl (C=O) groups is 2. The zero-order valence-corrected chi connectivity index (χ0v) is 33.3. The highest BCUT2D eigenvalue weighted by Crippen LogP contribution is 2.67. The molecule has 0 aromatic carbocycles. The van der Waals surface area contributed by atoms with Crippen LogP contribution in [0.25, 0.3) is 0 Å². The Morgan fingerprint density at radius 2 is 1.72 bits per heavy atom. The molecule has 2 N–H and O–H groups in total. The van der Waals surface area contributed by atoms with E-state index in [4.69, 9.17) is 23.3 Å². The number of rotatable bonds is 16. The van der Waals surface area contributed by atoms with Crippen LogP contribution in [0.15, 0.2) is 11.6 Å². The van der Waals surface area contributed by atoms with Gasteiger partial charge in [0, 0.05) is 13.3 Å². The zero-order valence-electron chi connectivity index (χ0n) is 32.4. The van der Waals surface area contributed by atoms with Gasteiger partial charge < -0.3 is 29.1 Å². The van der Waals surface area contributed by atoms with Crippen LogP contribution in [-0.2, 0) is 32.6 Å². The van der Waals surface area contributed by atoms with Gasteiger partial charge in [0.15, 0.2) is 6.10 Å². The highest BCUT2D eigenvalue weighted by atomic mass is 31.2. The summed E-state index contributed by atoms with van der Waals surface area (Å²) in [5, 5.41) is 0. The van der Waals surface area contributed by atoms with Gasteiger partial charge in [-0.05, 0) is 91.3 Å². The Morgan fingerprint density at radius 3 is 2.38 bits per heavy atom. The van der Waals surface area contributed by atoms with E-state index in [1.807, 2.05) is 21.1 Å². The second-order valence-corrected chi connectivity index (χ2v) is 19.1. The summed E-state index contributed by atoms with van der Waals surface area (Å²) in [5.74, 6) is 4.00. The maximum atomic E-state index is 12.8. The lowest BCUT2D eigenvalue weighted by molar-refractivity contribution is -0.870. The number of hydrogen-bond donors (Lipinski definition) is 1. The lowest BCUT2D eigenvalue weighted by Crippen LogP contribution is -2.51. The van der Waals surface area contributed by atoms with Gasteiger partial charge in [0.05, 0.1) is 27.7 Å². The van der Waals surface area contributed by atoms with Crippen molar-refractivity contribution in [1.82, 2.24) is 0 Å². The number of likely N-dealkylation sites (N-methyl/N-ethyl adjacent to an activating group) is 1. The molecule has 10 atom stereocenters. The van der Waals surface area contributed by atoms with Crippen LogP contribution in [0.1, 0.15) is 112 Å². The van der Waals surface area contributed by atoms with Crippen LogP contribution >= 0.6 is 7.82 Å². The molecule has 5 unspecified atom stereocenters. The van der Waals surface area contributed by atoms with E-state index < -0.39 is 32.7 Å². The highest BCUT2D eigenvalue weighted by Gasteiger charge is 2.59. The molecule has 0 spiro atoms. The number of hydrogen-bond acceptors (Lipinski definition) is 9. The number of ether oxygens (including phenoxy) is 3. The van der Waals surface area contributed by atoms with Gasteiger partial charge in [-0.1, -0.05) is 65.5 Å². The predicted octanol–water partition coefficient (Wildman–Crippen LogP) is 8.14. The van der Waals surface area contributed by atoms with Gasteiger partial charge in [-0.2, -0.15) is 0 Å². The maximum absolute atomic E-state index is 12.8. The molecular weight excluding hydrogens is 661 g/mol. The van der Waals surface area contributed by atoms with Crippen molar-refractivity contribution in [3.8, 4) is 0 Å². The van der Waals surface area contributed by atoms with Crippen LogP contribution in [0.4, 0.5) is 4.79 Å². The summed E-state index contributed by atoms with van der Waals surface area (Å²) >= 11 is 0. The first kappa shape index (κ1) is 42.9. The van der Waals surface area contributed by atoms with Gasteiger partial charge in [0.25, 0.3) is 0 Å². The summed E-state index contributed by atoms with van der Waals surface area (Å²) in [7, 11) is 1.40. The Balaban J connectivity index is 0.00000676. The van der Waals surface area contributed by atoms with Crippen molar-refractivity contribution in [1.29, 1.82) is 0 Å². The Labute approximate surface area is 301 Å². The van der Waals surface area contributed by atoms with Crippen LogP contribution in [0.5, 0.6) is 0 Å². The molecule has 0 radical (unpaired) electrons. The van der Waals surface area contributed by atoms with E-state index >= 15 is 0 Å². The summed E-state index contributed by atoms with van der Waals surface area (Å²) in [5.41, 5.74) is 2.01. The van der Waals surface area contributed by atoms with Crippen molar-refractivity contribution in [2.24, 2.45) is 46.3 Å². The summed E-state index contributed by atoms with van der Waals surface area (Å²) in [4.78, 5) is 34.5. The minimum absolute atomic E-state index is 0. The third-order valence-electron chi connectivity index (χ3n) is 12.7. The third-order valence-corrected chi connectivity index (χ3v) is 13.7. The molecule has 50 heavy (non-hydrogen) atoms. The van der Waals surface area contributed by atoms with E-state index in [9.17, 15) is 19.0 Å². The molecule has 0 aliphatic heterocycles. The third kappa shape index (κ3) is 11.0. The smallest absolute Gasteiger partial charge is 0.508 e. The van der Waals surface area contributed by atoms with Crippen molar-refractivity contribution in [2.45, 2.75) is 124 Å². The summed E-state index contributed by atoms with van der Waals surface area (Å²) in [6.45, 7) is 13.2. The molecule has 0 amide bonds. The quantitative estimate of drug-likeness (QED) is 0.0714. The standard InChI is InChI=1S/C38H66NO9P.H2O/c1-26(2)11-10-12-27(3)33-15-16-34-32-14-13-29-23-30(17-19-37(29,5)35(32)18-20-38(33,34)6)48-36(41)44-24-31(47-28(4)40)25-46-49(42,43)45-22-21-39(7,8)9;/h13,26-27,30-35H,10-12,14-25H2,1-9H3;1H2/t27-,30+,31?,32?,33-,34?,35?,37+,38-;/m1./s1. The SMILES string of the molecule is CC(=O)OC(COC(=O)O[C@H]1CC[C@@]2(C)C(=CCC3C2CC[C@@]2(C)C3CC[C@@H]2[C@H](C)CCCC(C)C)C1)COP(=O)(O)OCC[N+](C)(C)C.[OH-]. The van der Waals surface area contributed by atoms with E-state index in [1.165, 1.54) is 57.4 Å². The largest absolute Gasteiger partial charge is 0.870 e. The number of nitrogens with zero attached hydrogens (tertiary/aromatic N) is 1. The van der Waals surface area contributed by atoms with E-state index in [0.717, 1.165) is 48.9 Å². The van der Waals surface area contributed by atoms with Gasteiger partial charge in [-0.25, -0.2) is 9.36 Å². The Hall–Kier alpha value is -1.49. The molecule has 0 aromatic heterocycles. The van der Waals surface area contributed by atoms with Crippen LogP contribution in [0.3, 0.4) is 0 Å². The van der Waals surface area contributed by atoms with E-state index in [-0.39, 0.29) is 30.2 Å². The van der Waals surface area contributed by atoms with Crippen molar-refractivity contribution in [3.63, 3.8) is 0 Å². The second kappa shape index (κ2) is 17.6. The number of phosphoric ester groups is 1. The monoisotopic (exact) mass is 729 g/mol. The summed E-state index contributed by atoms with van der Waals surface area (Å²) in [6.07, 6.45) is 13.3. The Kier molecular flexibility index (Phi) is 15.1. The molecular formula is C38H68NO10P. The van der Waals surface area contributed by atoms with Gasteiger partial charge in [-0.15, -0.1) is 0 Å². The number of fused-ring (bicyclic) bond motifs is 5. The van der Waals surface area contributed by atoms with Gasteiger partial charge in [0.1, 0.15) is 25.9 Å². The molecule has 3 fully saturated rings. The molecule has 3 saturated carbocycles. The van der Waals surface area contributed by atoms with Gasteiger partial charge in [0.2, 0.25) is 0 Å². The molecule has 0 aromatic rings. The second-order valence-electron chi connectivity index (χ2n) is 17.7. The first-order chi connectivity index (χ1) is 22.8. The minimum atomic E-state index is -4.39. The Morgan fingerprint density at radius 1 is 1.00 bits per heavy atom. The molecule has 4 rings (SSSR count). The van der Waals surface area contributed by atoms with Crippen LogP contribution in [0, 0.1) is 46.3 Å². The molecule has 290 valence electrons. The van der Waals surface area contributed by atoms with Crippen molar-refractivity contribution in [2.75, 3.05) is 47.5 Å². The predicted molar refractivity (Wildman–Crippen MR) is 191 cm³/mol. The van der Waals surface area contributed by atoms with Crippen molar-refractivity contribution >= 4 is 19.9 Å². The molecule has 11 nitrogen and oxygen atoms in total. The number of phosphoric acid groups is 1. The van der Waals surface area contributed by atoms with E-state index in [0.29, 0.717) is 28.8 Å². The fraction of sp³-hybridized carbons (Fsp3) is 0.895. The minimum Gasteiger partial charge on any atom is -0.870 e. The number of esters is 1. The maximum Gasteiger partial charge on any atom is 0.508 e. The van der Waals surface area contributed by atoms with Crippen LogP contribution in [0.2, 0.25) is 0 Å². The fourth-order valence-electron chi connectivity index (χ4n) is 10.1. The van der Waals surface area contributed by atoms with Gasteiger partial charge >= 0.3 is 19.9 Å². The number of quaternary nitrogens is 1. The zero-order chi connectivity index (χ0) is 36.2. The average Bonchev–Trinajstić information content (AvgIpc) is 3.35. The van der Waals surface area contributed by atoms with E-state index in [1.54, 1.807) is 0 Å². The average molecular weight is 730 g/mol.